The number of thiocarbonyl (C=S) groups is 1. The molecule has 8 heteroatoms. The van der Waals surface area contributed by atoms with Gasteiger partial charge in [-0.25, -0.2) is 0 Å². The zero-order valence-electron chi connectivity index (χ0n) is 20.3. The topological polar surface area (TPSA) is 75.1 Å². The number of nitrogens with one attached hydrogen (secondary N) is 2. The molecule has 5 rings (SSSR count). The molecule has 0 radical (unpaired) electrons. The molecule has 4 heterocycles. The summed E-state index contributed by atoms with van der Waals surface area (Å²) in [6, 6.07) is 21.2. The van der Waals surface area contributed by atoms with E-state index in [2.05, 4.69) is 51.1 Å². The lowest BCUT2D eigenvalue weighted by Crippen LogP contribution is -2.37. The molecule has 7 nitrogen and oxygen atoms in total. The summed E-state index contributed by atoms with van der Waals surface area (Å²) in [6.07, 6.45) is 5.46. The minimum absolute atomic E-state index is 0.124. The van der Waals surface area contributed by atoms with Crippen LogP contribution in [0.3, 0.4) is 0 Å². The number of nitrogens with zero attached hydrogens (tertiary/aromatic N) is 4. The maximum atomic E-state index is 13.1. The van der Waals surface area contributed by atoms with Crippen LogP contribution in [0.2, 0.25) is 0 Å². The Balaban J connectivity index is 1.49. The largest absolute Gasteiger partial charge is 0.352 e. The second-order valence-corrected chi connectivity index (χ2v) is 9.33. The van der Waals surface area contributed by atoms with Crippen LogP contribution in [0, 0.1) is 13.8 Å². The number of aromatic nitrogens is 3. The molecular weight excluding hydrogens is 468 g/mol. The van der Waals surface area contributed by atoms with E-state index in [4.69, 9.17) is 12.2 Å². The Kier molecular flexibility index (Phi) is 6.77. The Morgan fingerprint density at radius 3 is 2.58 bits per heavy atom. The second-order valence-electron chi connectivity index (χ2n) is 8.94. The number of aryl methyl sites for hydroxylation is 1. The molecule has 0 saturated carbocycles. The van der Waals surface area contributed by atoms with Crippen LogP contribution in [0.1, 0.15) is 40.3 Å². The Morgan fingerprint density at radius 2 is 1.86 bits per heavy atom. The average molecular weight is 497 g/mol. The quantitative estimate of drug-likeness (QED) is 0.366. The fraction of sp³-hybridized carbons (Fsp3) is 0.214. The number of amides is 1. The molecule has 1 aliphatic rings. The van der Waals surface area contributed by atoms with Gasteiger partial charge in [-0.2, -0.15) is 0 Å². The van der Waals surface area contributed by atoms with E-state index in [0.29, 0.717) is 5.11 Å². The smallest absolute Gasteiger partial charge is 0.244 e. The number of benzene rings is 1. The highest BCUT2D eigenvalue weighted by atomic mass is 32.1. The number of carbonyl (C=O) groups excluding carboxylic acids is 1. The summed E-state index contributed by atoms with van der Waals surface area (Å²) in [4.78, 5) is 23.9. The van der Waals surface area contributed by atoms with Crippen LogP contribution in [-0.4, -0.2) is 37.0 Å². The summed E-state index contributed by atoms with van der Waals surface area (Å²) in [5.41, 5.74) is 6.15. The van der Waals surface area contributed by atoms with Gasteiger partial charge in [-0.15, -0.1) is 0 Å². The molecule has 4 aromatic rings. The number of carbonyl (C=O) groups is 1. The highest BCUT2D eigenvalue weighted by Crippen LogP contribution is 2.40. The number of pyridine rings is 2. The van der Waals surface area contributed by atoms with Crippen molar-refractivity contribution in [1.29, 1.82) is 0 Å². The van der Waals surface area contributed by atoms with Gasteiger partial charge in [-0.3, -0.25) is 14.8 Å². The lowest BCUT2D eigenvalue weighted by Gasteiger charge is -2.27. The van der Waals surface area contributed by atoms with Crippen LogP contribution in [0.5, 0.6) is 0 Å². The molecule has 0 unspecified atom stereocenters. The lowest BCUT2D eigenvalue weighted by atomic mass is 9.96. The minimum atomic E-state index is -0.192. The molecule has 36 heavy (non-hydrogen) atoms. The highest BCUT2D eigenvalue weighted by molar-refractivity contribution is 7.80. The van der Waals surface area contributed by atoms with E-state index in [1.54, 1.807) is 12.4 Å². The number of hydrogen-bond donors (Lipinski definition) is 2. The van der Waals surface area contributed by atoms with Crippen molar-refractivity contribution in [2.24, 2.45) is 0 Å². The van der Waals surface area contributed by atoms with E-state index in [1.807, 2.05) is 65.7 Å². The van der Waals surface area contributed by atoms with Gasteiger partial charge in [0, 0.05) is 42.2 Å². The van der Waals surface area contributed by atoms with Crippen molar-refractivity contribution < 1.29 is 4.79 Å². The molecule has 2 atom stereocenters. The Bertz CT molecular complexity index is 1360. The first-order valence-corrected chi connectivity index (χ1v) is 12.3. The van der Waals surface area contributed by atoms with E-state index in [1.165, 1.54) is 0 Å². The number of para-hydroxylation sites is 1. The number of hydrogen-bond acceptors (Lipinski definition) is 4. The van der Waals surface area contributed by atoms with Gasteiger partial charge >= 0.3 is 0 Å². The Labute approximate surface area is 216 Å². The molecule has 1 aliphatic heterocycles. The standard InChI is InChI=1S/C28H28N6OS/c1-19-15-23(20(2)33(19)17-21-9-8-13-29-16-21)27-26(24-12-6-7-14-30-24)32-28(36)34(27)18-25(35)31-22-10-4-3-5-11-22/h3-16,26-27H,17-18H2,1-2H3,(H,31,35)(H,32,36)/t26-,27+/m1/s1. The van der Waals surface area contributed by atoms with Crippen molar-refractivity contribution in [3.05, 3.63) is 114 Å². The van der Waals surface area contributed by atoms with Gasteiger partial charge in [0.25, 0.3) is 0 Å². The van der Waals surface area contributed by atoms with E-state index in [0.717, 1.165) is 40.4 Å². The second kappa shape index (κ2) is 10.3. The SMILES string of the molecule is Cc1cc([C@H]2[C@@H](c3ccccn3)NC(=S)N2CC(=O)Nc2ccccc2)c(C)n1Cc1cccnc1. The molecule has 1 aromatic carbocycles. The maximum absolute atomic E-state index is 13.1. The number of anilines is 1. The van der Waals surface area contributed by atoms with Crippen molar-refractivity contribution >= 4 is 28.9 Å². The van der Waals surface area contributed by atoms with Gasteiger partial charge in [-0.05, 0) is 73.6 Å². The van der Waals surface area contributed by atoms with Crippen LogP contribution < -0.4 is 10.6 Å². The third-order valence-electron chi connectivity index (χ3n) is 6.56. The molecule has 1 saturated heterocycles. The van der Waals surface area contributed by atoms with Crippen LogP contribution in [0.15, 0.2) is 85.3 Å². The molecule has 2 N–H and O–H groups in total. The van der Waals surface area contributed by atoms with Crippen molar-refractivity contribution in [1.82, 2.24) is 24.8 Å². The van der Waals surface area contributed by atoms with Crippen molar-refractivity contribution in [2.45, 2.75) is 32.5 Å². The summed E-state index contributed by atoms with van der Waals surface area (Å²) >= 11 is 5.76. The first-order chi connectivity index (χ1) is 17.5. The molecule has 0 spiro atoms. The van der Waals surface area contributed by atoms with Crippen LogP contribution in [-0.2, 0) is 11.3 Å². The van der Waals surface area contributed by atoms with Crippen LogP contribution in [0.4, 0.5) is 5.69 Å². The zero-order chi connectivity index (χ0) is 25.1. The summed E-state index contributed by atoms with van der Waals surface area (Å²) in [5.74, 6) is -0.124. The van der Waals surface area contributed by atoms with Gasteiger partial charge in [0.05, 0.1) is 17.8 Å². The Hall–Kier alpha value is -4.04. The van der Waals surface area contributed by atoms with Gasteiger partial charge in [0.2, 0.25) is 5.91 Å². The fourth-order valence-corrected chi connectivity index (χ4v) is 5.14. The van der Waals surface area contributed by atoms with Gasteiger partial charge in [-0.1, -0.05) is 30.3 Å². The summed E-state index contributed by atoms with van der Waals surface area (Å²) < 4.78 is 2.28. The lowest BCUT2D eigenvalue weighted by molar-refractivity contribution is -0.116. The molecule has 3 aromatic heterocycles. The van der Waals surface area contributed by atoms with Crippen molar-refractivity contribution in [2.75, 3.05) is 11.9 Å². The van der Waals surface area contributed by atoms with Gasteiger partial charge in [0.1, 0.15) is 6.54 Å². The summed E-state index contributed by atoms with van der Waals surface area (Å²) in [7, 11) is 0. The highest BCUT2D eigenvalue weighted by Gasteiger charge is 2.42. The van der Waals surface area contributed by atoms with E-state index < -0.39 is 0 Å². The van der Waals surface area contributed by atoms with Gasteiger partial charge < -0.3 is 20.1 Å². The average Bonchev–Trinajstić information content (AvgIpc) is 3.36. The van der Waals surface area contributed by atoms with Crippen molar-refractivity contribution in [3.63, 3.8) is 0 Å². The third-order valence-corrected chi connectivity index (χ3v) is 6.92. The molecule has 0 bridgehead atoms. The van der Waals surface area contributed by atoms with E-state index in [9.17, 15) is 4.79 Å². The van der Waals surface area contributed by atoms with Crippen molar-refractivity contribution in [3.8, 4) is 0 Å². The predicted molar refractivity (Wildman–Crippen MR) is 144 cm³/mol. The minimum Gasteiger partial charge on any atom is -0.352 e. The first-order valence-electron chi connectivity index (χ1n) is 11.9. The summed E-state index contributed by atoms with van der Waals surface area (Å²) in [5, 5.41) is 6.96. The fourth-order valence-electron chi connectivity index (χ4n) is 4.84. The first kappa shape index (κ1) is 23.7. The number of rotatable bonds is 7. The van der Waals surface area contributed by atoms with Crippen LogP contribution >= 0.6 is 12.2 Å². The zero-order valence-corrected chi connectivity index (χ0v) is 21.1. The molecular formula is C28H28N6OS. The molecule has 1 amide bonds. The predicted octanol–water partition coefficient (Wildman–Crippen LogP) is 4.55. The van der Waals surface area contributed by atoms with Crippen LogP contribution in [0.25, 0.3) is 0 Å². The normalized spacial score (nSPS) is 17.2. The van der Waals surface area contributed by atoms with E-state index in [-0.39, 0.29) is 24.5 Å². The third kappa shape index (κ3) is 4.85. The maximum Gasteiger partial charge on any atom is 0.244 e. The molecule has 0 aliphatic carbocycles. The molecule has 182 valence electrons. The monoisotopic (exact) mass is 496 g/mol. The summed E-state index contributed by atoms with van der Waals surface area (Å²) in [6.45, 7) is 5.08. The van der Waals surface area contributed by atoms with E-state index >= 15 is 0 Å². The van der Waals surface area contributed by atoms with Gasteiger partial charge in [0.15, 0.2) is 5.11 Å². The Morgan fingerprint density at radius 1 is 1.06 bits per heavy atom. The molecule has 1 fully saturated rings.